The molecule has 8 heteroatoms. The molecule has 27 heavy (non-hydrogen) atoms. The van der Waals surface area contributed by atoms with Gasteiger partial charge in [0.25, 0.3) is 0 Å². The van der Waals surface area contributed by atoms with Crippen LogP contribution < -0.4 is 9.47 Å². The Morgan fingerprint density at radius 2 is 1.93 bits per heavy atom. The Morgan fingerprint density at radius 3 is 2.59 bits per heavy atom. The van der Waals surface area contributed by atoms with Crippen molar-refractivity contribution in [2.24, 2.45) is 5.92 Å². The van der Waals surface area contributed by atoms with Crippen molar-refractivity contribution in [3.05, 3.63) is 36.0 Å². The molecule has 1 saturated heterocycles. The highest BCUT2D eigenvalue weighted by atomic mass is 16.5. The number of nitrogens with zero attached hydrogens (tertiary/aromatic N) is 3. The SMILES string of the molecule is CCOC(=O)C1CCN(Cc2nc(COc3ccc(OC)cc3)no2)CC1. The van der Waals surface area contributed by atoms with Gasteiger partial charge in [-0.3, -0.25) is 9.69 Å². The fourth-order valence-corrected chi connectivity index (χ4v) is 3.01. The van der Waals surface area contributed by atoms with E-state index in [0.29, 0.717) is 30.6 Å². The van der Waals surface area contributed by atoms with Gasteiger partial charge < -0.3 is 18.7 Å². The number of methoxy groups -OCH3 is 1. The van der Waals surface area contributed by atoms with Crippen LogP contribution in [0.5, 0.6) is 11.5 Å². The topological polar surface area (TPSA) is 86.9 Å². The molecule has 0 N–H and O–H groups in total. The minimum Gasteiger partial charge on any atom is -0.497 e. The summed E-state index contributed by atoms with van der Waals surface area (Å²) in [4.78, 5) is 18.4. The van der Waals surface area contributed by atoms with E-state index >= 15 is 0 Å². The molecule has 146 valence electrons. The smallest absolute Gasteiger partial charge is 0.309 e. The Bertz CT molecular complexity index is 723. The van der Waals surface area contributed by atoms with E-state index in [9.17, 15) is 4.79 Å². The number of benzene rings is 1. The summed E-state index contributed by atoms with van der Waals surface area (Å²) in [6.07, 6.45) is 1.58. The van der Waals surface area contributed by atoms with Crippen LogP contribution in [0.15, 0.2) is 28.8 Å². The van der Waals surface area contributed by atoms with Crippen LogP contribution in [-0.2, 0) is 22.7 Å². The van der Waals surface area contributed by atoms with Gasteiger partial charge in [-0.05, 0) is 57.1 Å². The van der Waals surface area contributed by atoms with Crippen molar-refractivity contribution in [2.75, 3.05) is 26.8 Å². The number of aromatic nitrogens is 2. The summed E-state index contributed by atoms with van der Waals surface area (Å²) in [5, 5.41) is 3.96. The number of rotatable bonds is 8. The van der Waals surface area contributed by atoms with Crippen LogP contribution in [0.25, 0.3) is 0 Å². The highest BCUT2D eigenvalue weighted by molar-refractivity contribution is 5.72. The zero-order valence-electron chi connectivity index (χ0n) is 15.7. The maximum absolute atomic E-state index is 11.8. The number of ether oxygens (including phenoxy) is 3. The second-order valence-electron chi connectivity index (χ2n) is 6.37. The number of piperidine rings is 1. The van der Waals surface area contributed by atoms with Crippen molar-refractivity contribution in [2.45, 2.75) is 32.9 Å². The first-order valence-corrected chi connectivity index (χ1v) is 9.15. The van der Waals surface area contributed by atoms with E-state index in [0.717, 1.165) is 31.7 Å². The van der Waals surface area contributed by atoms with Crippen molar-refractivity contribution in [1.82, 2.24) is 15.0 Å². The molecule has 0 saturated carbocycles. The summed E-state index contributed by atoms with van der Waals surface area (Å²) in [6, 6.07) is 7.31. The molecule has 3 rings (SSSR count). The van der Waals surface area contributed by atoms with Crippen molar-refractivity contribution in [3.8, 4) is 11.5 Å². The van der Waals surface area contributed by atoms with E-state index < -0.39 is 0 Å². The van der Waals surface area contributed by atoms with Gasteiger partial charge in [-0.15, -0.1) is 0 Å². The summed E-state index contributed by atoms with van der Waals surface area (Å²) in [5.41, 5.74) is 0. The molecule has 1 aromatic heterocycles. The van der Waals surface area contributed by atoms with E-state index in [4.69, 9.17) is 18.7 Å². The van der Waals surface area contributed by atoms with Crippen LogP contribution in [-0.4, -0.2) is 47.8 Å². The van der Waals surface area contributed by atoms with Gasteiger partial charge in [0.05, 0.1) is 26.2 Å². The van der Waals surface area contributed by atoms with Gasteiger partial charge in [-0.1, -0.05) is 5.16 Å². The lowest BCUT2D eigenvalue weighted by molar-refractivity contribution is -0.149. The second-order valence-corrected chi connectivity index (χ2v) is 6.37. The Morgan fingerprint density at radius 1 is 1.22 bits per heavy atom. The molecular formula is C19H25N3O5. The zero-order chi connectivity index (χ0) is 19.1. The lowest BCUT2D eigenvalue weighted by Crippen LogP contribution is -2.36. The van der Waals surface area contributed by atoms with Crippen LogP contribution >= 0.6 is 0 Å². The van der Waals surface area contributed by atoms with Crippen molar-refractivity contribution in [3.63, 3.8) is 0 Å². The van der Waals surface area contributed by atoms with Crippen molar-refractivity contribution < 1.29 is 23.5 Å². The summed E-state index contributed by atoms with van der Waals surface area (Å²) in [5.74, 6) is 2.45. The lowest BCUT2D eigenvalue weighted by Gasteiger charge is -2.29. The predicted octanol–water partition coefficient (Wildman–Crippen LogP) is 2.43. The molecule has 0 amide bonds. The molecule has 1 aromatic carbocycles. The predicted molar refractivity (Wildman–Crippen MR) is 96.3 cm³/mol. The van der Waals surface area contributed by atoms with Crippen molar-refractivity contribution in [1.29, 1.82) is 0 Å². The number of esters is 1. The van der Waals surface area contributed by atoms with Crippen LogP contribution in [0, 0.1) is 5.92 Å². The van der Waals surface area contributed by atoms with Crippen LogP contribution in [0.4, 0.5) is 0 Å². The van der Waals surface area contributed by atoms with E-state index in [1.807, 2.05) is 31.2 Å². The average Bonchev–Trinajstić information content (AvgIpc) is 3.15. The number of likely N-dealkylation sites (tertiary alicyclic amines) is 1. The third-order valence-corrected chi connectivity index (χ3v) is 4.50. The molecule has 0 spiro atoms. The van der Waals surface area contributed by atoms with E-state index in [1.54, 1.807) is 7.11 Å². The van der Waals surface area contributed by atoms with Gasteiger partial charge in [0.1, 0.15) is 11.5 Å². The molecule has 2 heterocycles. The third-order valence-electron chi connectivity index (χ3n) is 4.50. The van der Waals surface area contributed by atoms with Gasteiger partial charge in [0.2, 0.25) is 11.7 Å². The molecule has 0 unspecified atom stereocenters. The highest BCUT2D eigenvalue weighted by Gasteiger charge is 2.26. The van der Waals surface area contributed by atoms with E-state index in [2.05, 4.69) is 15.0 Å². The molecule has 1 fully saturated rings. The van der Waals surface area contributed by atoms with E-state index in [1.165, 1.54) is 0 Å². The van der Waals surface area contributed by atoms with Crippen molar-refractivity contribution >= 4 is 5.97 Å². The monoisotopic (exact) mass is 375 g/mol. The molecule has 0 aliphatic carbocycles. The summed E-state index contributed by atoms with van der Waals surface area (Å²) < 4.78 is 21.2. The fraction of sp³-hybridized carbons (Fsp3) is 0.526. The Hall–Kier alpha value is -2.61. The first-order valence-electron chi connectivity index (χ1n) is 9.15. The lowest BCUT2D eigenvalue weighted by atomic mass is 9.97. The van der Waals surface area contributed by atoms with Gasteiger partial charge in [-0.25, -0.2) is 0 Å². The summed E-state index contributed by atoms with van der Waals surface area (Å²) in [6.45, 7) is 4.69. The standard InChI is InChI=1S/C19H25N3O5/c1-3-25-19(23)14-8-10-22(11-9-14)12-18-20-17(21-27-18)13-26-16-6-4-15(24-2)5-7-16/h4-7,14H,3,8-13H2,1-2H3. The molecule has 1 aliphatic rings. The molecular weight excluding hydrogens is 350 g/mol. The maximum atomic E-state index is 11.8. The van der Waals surface area contributed by atoms with E-state index in [-0.39, 0.29) is 18.5 Å². The molecule has 0 radical (unpaired) electrons. The zero-order valence-corrected chi connectivity index (χ0v) is 15.7. The fourth-order valence-electron chi connectivity index (χ4n) is 3.01. The highest BCUT2D eigenvalue weighted by Crippen LogP contribution is 2.20. The first-order chi connectivity index (χ1) is 13.2. The van der Waals surface area contributed by atoms with Gasteiger partial charge in [0, 0.05) is 0 Å². The molecule has 8 nitrogen and oxygen atoms in total. The molecule has 0 bridgehead atoms. The minimum atomic E-state index is -0.0899. The quantitative estimate of drug-likeness (QED) is 0.650. The number of hydrogen-bond acceptors (Lipinski definition) is 8. The summed E-state index contributed by atoms with van der Waals surface area (Å²) in [7, 11) is 1.62. The second kappa shape index (κ2) is 9.36. The van der Waals surface area contributed by atoms with Gasteiger partial charge in [-0.2, -0.15) is 4.98 Å². The third kappa shape index (κ3) is 5.43. The number of hydrogen-bond donors (Lipinski definition) is 0. The van der Waals surface area contributed by atoms with Crippen LogP contribution in [0.3, 0.4) is 0 Å². The largest absolute Gasteiger partial charge is 0.497 e. The molecule has 0 atom stereocenters. The number of carbonyl (C=O) groups excluding carboxylic acids is 1. The normalized spacial score (nSPS) is 15.5. The van der Waals surface area contributed by atoms with Crippen LogP contribution in [0.1, 0.15) is 31.5 Å². The molecule has 1 aliphatic heterocycles. The Labute approximate surface area is 158 Å². The van der Waals surface area contributed by atoms with Crippen LogP contribution in [0.2, 0.25) is 0 Å². The average molecular weight is 375 g/mol. The summed E-state index contributed by atoms with van der Waals surface area (Å²) >= 11 is 0. The first kappa shape index (κ1) is 19.2. The Balaban J connectivity index is 1.43. The maximum Gasteiger partial charge on any atom is 0.309 e. The van der Waals surface area contributed by atoms with Gasteiger partial charge in [0.15, 0.2) is 6.61 Å². The van der Waals surface area contributed by atoms with Gasteiger partial charge >= 0.3 is 5.97 Å². The minimum absolute atomic E-state index is 0.00246. The molecule has 2 aromatic rings. The Kier molecular flexibility index (Phi) is 6.64. The number of carbonyl (C=O) groups is 1.